The van der Waals surface area contributed by atoms with Crippen LogP contribution in [-0.2, 0) is 0 Å². The molecule has 4 aromatic rings. The Morgan fingerprint density at radius 1 is 0.686 bits per heavy atom. The fourth-order valence-corrected chi connectivity index (χ4v) is 4.31. The molecule has 0 amide bonds. The second-order valence-corrected chi connectivity index (χ2v) is 9.06. The molecule has 1 aromatic heterocycles. The van der Waals surface area contributed by atoms with Gasteiger partial charge in [0.15, 0.2) is 17.1 Å². The van der Waals surface area contributed by atoms with Crippen molar-refractivity contribution in [2.45, 2.75) is 39.5 Å². The van der Waals surface area contributed by atoms with Gasteiger partial charge in [-0.05, 0) is 52.3 Å². The number of aromatic nitrogens is 2. The van der Waals surface area contributed by atoms with Crippen LogP contribution in [0.5, 0.6) is 0 Å². The molecule has 0 saturated heterocycles. The van der Waals surface area contributed by atoms with Crippen molar-refractivity contribution >= 4 is 17.1 Å². The van der Waals surface area contributed by atoms with Gasteiger partial charge in [0, 0.05) is 18.0 Å². The lowest BCUT2D eigenvalue weighted by Gasteiger charge is -2.24. The van der Waals surface area contributed by atoms with Gasteiger partial charge in [-0.1, -0.05) is 64.1 Å². The third-order valence-electron chi connectivity index (χ3n) is 6.02. The fourth-order valence-electron chi connectivity index (χ4n) is 4.31. The van der Waals surface area contributed by atoms with Crippen LogP contribution in [0.15, 0.2) is 67.0 Å². The maximum atomic E-state index is 7.45. The lowest BCUT2D eigenvalue weighted by molar-refractivity contribution is 0.807. The molecule has 0 radical (unpaired) electrons. The van der Waals surface area contributed by atoms with Crippen LogP contribution in [0.1, 0.15) is 50.7 Å². The highest BCUT2D eigenvalue weighted by molar-refractivity contribution is 5.78. The molecule has 5 nitrogen and oxygen atoms in total. The van der Waals surface area contributed by atoms with Gasteiger partial charge < -0.3 is 0 Å². The van der Waals surface area contributed by atoms with Gasteiger partial charge in [-0.2, -0.15) is 0 Å². The molecule has 0 saturated carbocycles. The number of benzene rings is 3. The van der Waals surface area contributed by atoms with E-state index in [-0.39, 0.29) is 11.8 Å². The van der Waals surface area contributed by atoms with Crippen molar-refractivity contribution in [3.05, 3.63) is 112 Å². The summed E-state index contributed by atoms with van der Waals surface area (Å²) >= 11 is 0. The number of imidazole rings is 1. The Hall–Kier alpha value is -4.66. The predicted molar refractivity (Wildman–Crippen MR) is 141 cm³/mol. The van der Waals surface area contributed by atoms with E-state index in [1.165, 1.54) is 0 Å². The maximum absolute atomic E-state index is 7.45. The Morgan fingerprint density at radius 2 is 1.23 bits per heavy atom. The predicted octanol–water partition coefficient (Wildman–Crippen LogP) is 9.11. The van der Waals surface area contributed by atoms with Crippen molar-refractivity contribution in [2.24, 2.45) is 0 Å². The largest absolute Gasteiger partial charge is 0.299 e. The van der Waals surface area contributed by atoms with E-state index in [0.717, 1.165) is 39.3 Å². The molecule has 0 aliphatic heterocycles. The summed E-state index contributed by atoms with van der Waals surface area (Å²) in [6.45, 7) is 31.0. The van der Waals surface area contributed by atoms with Gasteiger partial charge in [-0.25, -0.2) is 19.5 Å². The molecule has 0 bridgehead atoms. The van der Waals surface area contributed by atoms with Crippen molar-refractivity contribution in [1.29, 1.82) is 0 Å². The van der Waals surface area contributed by atoms with E-state index in [9.17, 15) is 0 Å². The lowest BCUT2D eigenvalue weighted by Crippen LogP contribution is -2.08. The smallest absolute Gasteiger partial charge is 0.187 e. The Bertz CT molecular complexity index is 1470. The van der Waals surface area contributed by atoms with Gasteiger partial charge in [-0.15, -0.1) is 0 Å². The Balaban J connectivity index is 2.00. The Kier molecular flexibility index (Phi) is 6.50. The van der Waals surface area contributed by atoms with E-state index in [4.69, 9.17) is 19.7 Å². The van der Waals surface area contributed by atoms with E-state index >= 15 is 0 Å². The van der Waals surface area contributed by atoms with Gasteiger partial charge in [0.1, 0.15) is 5.82 Å². The zero-order valence-corrected chi connectivity index (χ0v) is 20.2. The SMILES string of the molecule is [C-]#[N+]c1cc([N+]#[C-])cc(-c2cc(C(C)C)c(-n3ccnc3-c3cccc([N+]#[C-])c3)c(C(C)C)c2)c1. The average molecular weight is 456 g/mol. The first-order valence-corrected chi connectivity index (χ1v) is 11.5. The Labute approximate surface area is 206 Å². The van der Waals surface area contributed by atoms with Gasteiger partial charge in [0.05, 0.1) is 25.4 Å². The molecule has 35 heavy (non-hydrogen) atoms. The summed E-state index contributed by atoms with van der Waals surface area (Å²) in [6, 6.07) is 17.2. The second-order valence-electron chi connectivity index (χ2n) is 9.06. The normalized spacial score (nSPS) is 10.7. The molecule has 0 aliphatic rings. The molecule has 0 fully saturated rings. The monoisotopic (exact) mass is 455 g/mol. The minimum Gasteiger partial charge on any atom is -0.299 e. The minimum absolute atomic E-state index is 0.219. The van der Waals surface area contributed by atoms with Crippen molar-refractivity contribution in [3.8, 4) is 28.2 Å². The van der Waals surface area contributed by atoms with Gasteiger partial charge >= 0.3 is 0 Å². The summed E-state index contributed by atoms with van der Waals surface area (Å²) in [4.78, 5) is 15.4. The summed E-state index contributed by atoms with van der Waals surface area (Å²) in [6.07, 6.45) is 3.77. The van der Waals surface area contributed by atoms with Crippen LogP contribution in [0.25, 0.3) is 42.7 Å². The molecule has 0 unspecified atom stereocenters. The topological polar surface area (TPSA) is 30.9 Å². The molecular weight excluding hydrogens is 430 g/mol. The molecule has 4 rings (SSSR count). The molecule has 3 aromatic carbocycles. The van der Waals surface area contributed by atoms with Crippen LogP contribution in [0, 0.1) is 19.7 Å². The molecule has 5 heteroatoms. The summed E-state index contributed by atoms with van der Waals surface area (Å²) in [5, 5.41) is 0. The summed E-state index contributed by atoms with van der Waals surface area (Å²) in [5.41, 5.74) is 7.67. The molecule has 0 aliphatic carbocycles. The number of rotatable bonds is 5. The zero-order valence-electron chi connectivity index (χ0n) is 20.2. The van der Waals surface area contributed by atoms with Crippen LogP contribution in [0.4, 0.5) is 17.1 Å². The van der Waals surface area contributed by atoms with Crippen LogP contribution in [0.2, 0.25) is 0 Å². The quantitative estimate of drug-likeness (QED) is 0.276. The molecular formula is C30H25N5. The van der Waals surface area contributed by atoms with Crippen molar-refractivity contribution in [1.82, 2.24) is 9.55 Å². The third kappa shape index (κ3) is 4.56. The van der Waals surface area contributed by atoms with Crippen LogP contribution in [0.3, 0.4) is 0 Å². The van der Waals surface area contributed by atoms with Crippen LogP contribution in [-0.4, -0.2) is 9.55 Å². The molecule has 1 heterocycles. The molecule has 0 N–H and O–H groups in total. The summed E-state index contributed by atoms with van der Waals surface area (Å²) < 4.78 is 2.12. The second kappa shape index (κ2) is 9.68. The van der Waals surface area contributed by atoms with Crippen LogP contribution < -0.4 is 0 Å². The first-order valence-electron chi connectivity index (χ1n) is 11.5. The number of hydrogen-bond donors (Lipinski definition) is 0. The summed E-state index contributed by atoms with van der Waals surface area (Å²) in [5.74, 6) is 1.23. The van der Waals surface area contributed by atoms with E-state index in [0.29, 0.717) is 17.1 Å². The van der Waals surface area contributed by atoms with E-state index in [2.05, 4.69) is 63.9 Å². The third-order valence-corrected chi connectivity index (χ3v) is 6.02. The van der Waals surface area contributed by atoms with Crippen molar-refractivity contribution in [2.75, 3.05) is 0 Å². The number of hydrogen-bond acceptors (Lipinski definition) is 1. The zero-order chi connectivity index (χ0) is 25.1. The minimum atomic E-state index is 0.219. The highest BCUT2D eigenvalue weighted by Gasteiger charge is 2.21. The van der Waals surface area contributed by atoms with Crippen molar-refractivity contribution in [3.63, 3.8) is 0 Å². The highest BCUT2D eigenvalue weighted by atomic mass is 15.1. The van der Waals surface area contributed by atoms with Crippen LogP contribution >= 0.6 is 0 Å². The molecule has 170 valence electrons. The van der Waals surface area contributed by atoms with E-state index < -0.39 is 0 Å². The maximum Gasteiger partial charge on any atom is 0.187 e. The number of nitrogens with zero attached hydrogens (tertiary/aromatic N) is 5. The lowest BCUT2D eigenvalue weighted by atomic mass is 9.88. The van der Waals surface area contributed by atoms with Crippen molar-refractivity contribution < 1.29 is 0 Å². The van der Waals surface area contributed by atoms with Gasteiger partial charge in [0.2, 0.25) is 0 Å². The van der Waals surface area contributed by atoms with Gasteiger partial charge in [0.25, 0.3) is 0 Å². The molecule has 0 spiro atoms. The average Bonchev–Trinajstić information content (AvgIpc) is 3.37. The van der Waals surface area contributed by atoms with Gasteiger partial charge in [-0.3, -0.25) is 4.57 Å². The Morgan fingerprint density at radius 3 is 1.77 bits per heavy atom. The first kappa shape index (κ1) is 23.5. The highest BCUT2D eigenvalue weighted by Crippen LogP contribution is 2.39. The first-order chi connectivity index (χ1) is 16.9. The molecule has 0 atom stereocenters. The van der Waals surface area contributed by atoms with E-state index in [1.807, 2.05) is 36.5 Å². The fraction of sp³-hybridized carbons (Fsp3) is 0.200. The summed E-state index contributed by atoms with van der Waals surface area (Å²) in [7, 11) is 0. The van der Waals surface area contributed by atoms with E-state index in [1.54, 1.807) is 18.3 Å². The standard InChI is InChI=1S/C30H25N5/c1-19(2)27-16-23(22-14-25(32-6)18-26(15-22)33-7)17-28(20(3)4)29(27)35-12-11-34-30(35)21-9-8-10-24(13-21)31-5/h8-20H,1-4H3.